The smallest absolute Gasteiger partial charge is 0.143 e. The zero-order valence-electron chi connectivity index (χ0n) is 12.4. The third-order valence-corrected chi connectivity index (χ3v) is 3.05. The van der Waals surface area contributed by atoms with Crippen molar-refractivity contribution in [3.63, 3.8) is 0 Å². The van der Waals surface area contributed by atoms with Gasteiger partial charge < -0.3 is 10.2 Å². The van der Waals surface area contributed by atoms with Crippen LogP contribution >= 0.6 is 0 Å². The van der Waals surface area contributed by atoms with Gasteiger partial charge in [-0.3, -0.25) is 0 Å². The van der Waals surface area contributed by atoms with Crippen molar-refractivity contribution in [2.45, 2.75) is 33.1 Å². The largest absolute Gasteiger partial charge is 0.457 e. The second kappa shape index (κ2) is 5.51. The van der Waals surface area contributed by atoms with E-state index < -0.39 is 0 Å². The van der Waals surface area contributed by atoms with Gasteiger partial charge in [-0.2, -0.15) is 0 Å². The number of benzene rings is 1. The van der Waals surface area contributed by atoms with Gasteiger partial charge in [-0.1, -0.05) is 32.9 Å². The number of hydrazine groups is 1. The number of hydrogen-bond acceptors (Lipinski definition) is 4. The van der Waals surface area contributed by atoms with Crippen molar-refractivity contribution in [1.29, 1.82) is 0 Å². The normalized spacial score (nSPS) is 11.2. The van der Waals surface area contributed by atoms with Crippen molar-refractivity contribution in [2.75, 3.05) is 5.43 Å². The Morgan fingerprint density at radius 3 is 2.55 bits per heavy atom. The van der Waals surface area contributed by atoms with Crippen molar-refractivity contribution in [1.82, 2.24) is 4.98 Å². The van der Waals surface area contributed by atoms with E-state index in [2.05, 4.69) is 56.3 Å². The second-order valence-corrected chi connectivity index (χ2v) is 5.87. The van der Waals surface area contributed by atoms with Crippen LogP contribution in [0.4, 0.5) is 5.82 Å². The van der Waals surface area contributed by atoms with E-state index in [4.69, 9.17) is 10.6 Å². The summed E-state index contributed by atoms with van der Waals surface area (Å²) < 4.78 is 6.02. The van der Waals surface area contributed by atoms with Crippen molar-refractivity contribution in [3.8, 4) is 11.5 Å². The van der Waals surface area contributed by atoms with Gasteiger partial charge in [-0.05, 0) is 30.0 Å². The lowest BCUT2D eigenvalue weighted by atomic mass is 9.86. The van der Waals surface area contributed by atoms with Gasteiger partial charge in [0.15, 0.2) is 0 Å². The lowest BCUT2D eigenvalue weighted by molar-refractivity contribution is 0.454. The number of pyridine rings is 1. The third kappa shape index (κ3) is 3.27. The Hall–Kier alpha value is -2.07. The molecule has 0 unspecified atom stereocenters. The number of hydrogen-bond donors (Lipinski definition) is 2. The molecule has 1 aromatic heterocycles. The van der Waals surface area contributed by atoms with Crippen molar-refractivity contribution in [2.24, 2.45) is 5.84 Å². The molecule has 4 nitrogen and oxygen atoms in total. The van der Waals surface area contributed by atoms with Gasteiger partial charge >= 0.3 is 0 Å². The molecule has 106 valence electrons. The summed E-state index contributed by atoms with van der Waals surface area (Å²) in [4.78, 5) is 4.07. The molecule has 0 aliphatic carbocycles. The quantitative estimate of drug-likeness (QED) is 0.659. The van der Waals surface area contributed by atoms with Crippen LogP contribution in [0.2, 0.25) is 0 Å². The molecule has 0 atom stereocenters. The molecule has 2 rings (SSSR count). The maximum Gasteiger partial charge on any atom is 0.143 e. The van der Waals surface area contributed by atoms with Crippen LogP contribution in [0.1, 0.15) is 31.9 Å². The Balaban J connectivity index is 2.39. The van der Waals surface area contributed by atoms with E-state index in [1.54, 1.807) is 12.3 Å². The molecule has 0 spiro atoms. The van der Waals surface area contributed by atoms with Gasteiger partial charge in [0.2, 0.25) is 0 Å². The summed E-state index contributed by atoms with van der Waals surface area (Å²) in [6.45, 7) is 8.57. The van der Waals surface area contributed by atoms with E-state index in [0.717, 1.165) is 5.75 Å². The summed E-state index contributed by atoms with van der Waals surface area (Å²) in [6, 6.07) is 9.86. The van der Waals surface area contributed by atoms with Crippen LogP contribution in [0.3, 0.4) is 0 Å². The zero-order valence-corrected chi connectivity index (χ0v) is 12.4. The average molecular weight is 271 g/mol. The molecule has 2 aromatic rings. The topological polar surface area (TPSA) is 60.2 Å². The highest BCUT2D eigenvalue weighted by molar-refractivity contribution is 5.46. The SMILES string of the molecule is Cc1ccc(C(C)(C)C)c(Oc2ccnc(NN)c2)c1. The molecule has 0 fully saturated rings. The Bertz CT molecular complexity index is 603. The van der Waals surface area contributed by atoms with Gasteiger partial charge in [-0.25, -0.2) is 10.8 Å². The average Bonchev–Trinajstić information content (AvgIpc) is 2.37. The fourth-order valence-electron chi connectivity index (χ4n) is 2.01. The number of nitrogens with zero attached hydrogens (tertiary/aromatic N) is 1. The summed E-state index contributed by atoms with van der Waals surface area (Å²) in [7, 11) is 0. The molecule has 0 saturated carbocycles. The molecule has 0 aliphatic rings. The van der Waals surface area contributed by atoms with Crippen LogP contribution in [-0.4, -0.2) is 4.98 Å². The third-order valence-electron chi connectivity index (χ3n) is 3.05. The van der Waals surface area contributed by atoms with Crippen LogP contribution in [0.15, 0.2) is 36.5 Å². The minimum absolute atomic E-state index is 0.0189. The summed E-state index contributed by atoms with van der Waals surface area (Å²) >= 11 is 0. The number of ether oxygens (including phenoxy) is 1. The monoisotopic (exact) mass is 271 g/mol. The van der Waals surface area contributed by atoms with Gasteiger partial charge in [0.25, 0.3) is 0 Å². The van der Waals surface area contributed by atoms with Gasteiger partial charge in [-0.15, -0.1) is 0 Å². The minimum atomic E-state index is 0.0189. The first kappa shape index (κ1) is 14.3. The summed E-state index contributed by atoms with van der Waals surface area (Å²) in [5.74, 6) is 7.52. The molecular weight excluding hydrogens is 250 g/mol. The highest BCUT2D eigenvalue weighted by atomic mass is 16.5. The minimum Gasteiger partial charge on any atom is -0.457 e. The number of nitrogens with two attached hydrogens (primary N) is 1. The number of anilines is 1. The van der Waals surface area contributed by atoms with Crippen molar-refractivity contribution < 1.29 is 4.74 Å². The van der Waals surface area contributed by atoms with Gasteiger partial charge in [0.05, 0.1) is 0 Å². The van der Waals surface area contributed by atoms with Crippen LogP contribution in [-0.2, 0) is 5.41 Å². The summed E-state index contributed by atoms with van der Waals surface area (Å²) in [5, 5.41) is 0. The van der Waals surface area contributed by atoms with Crippen molar-refractivity contribution >= 4 is 5.82 Å². The summed E-state index contributed by atoms with van der Waals surface area (Å²) in [6.07, 6.45) is 1.66. The van der Waals surface area contributed by atoms with Crippen LogP contribution < -0.4 is 16.0 Å². The molecule has 4 heteroatoms. The van der Waals surface area contributed by atoms with Crippen LogP contribution in [0.5, 0.6) is 11.5 Å². The number of rotatable bonds is 3. The van der Waals surface area contributed by atoms with E-state index >= 15 is 0 Å². The fraction of sp³-hybridized carbons (Fsp3) is 0.312. The Morgan fingerprint density at radius 1 is 1.15 bits per heavy atom. The molecule has 3 N–H and O–H groups in total. The molecule has 0 saturated heterocycles. The molecule has 1 aromatic carbocycles. The highest BCUT2D eigenvalue weighted by Crippen LogP contribution is 2.35. The molecule has 0 aliphatic heterocycles. The highest BCUT2D eigenvalue weighted by Gasteiger charge is 2.19. The predicted octanol–water partition coefficient (Wildman–Crippen LogP) is 3.77. The molecule has 0 bridgehead atoms. The lowest BCUT2D eigenvalue weighted by Gasteiger charge is -2.23. The maximum absolute atomic E-state index is 6.02. The second-order valence-electron chi connectivity index (χ2n) is 5.87. The Morgan fingerprint density at radius 2 is 1.90 bits per heavy atom. The molecule has 20 heavy (non-hydrogen) atoms. The first-order valence-electron chi connectivity index (χ1n) is 6.62. The number of nitrogens with one attached hydrogen (secondary N) is 1. The first-order chi connectivity index (χ1) is 9.40. The Kier molecular flexibility index (Phi) is 3.95. The molecule has 1 heterocycles. The van der Waals surface area contributed by atoms with Crippen molar-refractivity contribution in [3.05, 3.63) is 47.7 Å². The van der Waals surface area contributed by atoms with Crippen LogP contribution in [0.25, 0.3) is 0 Å². The Labute approximate surface area is 120 Å². The number of nitrogen functional groups attached to an aromatic ring is 1. The van der Waals surface area contributed by atoms with Crippen LogP contribution in [0, 0.1) is 6.92 Å². The zero-order chi connectivity index (χ0) is 14.8. The van der Waals surface area contributed by atoms with E-state index in [1.807, 2.05) is 6.07 Å². The molecular formula is C16H21N3O. The molecule has 0 radical (unpaired) electrons. The number of aromatic nitrogens is 1. The standard InChI is InChI=1S/C16H21N3O/c1-11-5-6-13(16(2,3)4)14(9-11)20-12-7-8-18-15(10-12)19-17/h5-10H,17H2,1-4H3,(H,18,19). The maximum atomic E-state index is 6.02. The van der Waals surface area contributed by atoms with E-state index in [-0.39, 0.29) is 5.41 Å². The predicted molar refractivity (Wildman–Crippen MR) is 82.0 cm³/mol. The lowest BCUT2D eigenvalue weighted by Crippen LogP contribution is -2.12. The first-order valence-corrected chi connectivity index (χ1v) is 6.62. The van der Waals surface area contributed by atoms with E-state index in [0.29, 0.717) is 11.6 Å². The van der Waals surface area contributed by atoms with Gasteiger partial charge in [0.1, 0.15) is 17.3 Å². The summed E-state index contributed by atoms with van der Waals surface area (Å²) in [5.41, 5.74) is 4.87. The molecule has 0 amide bonds. The van der Waals surface area contributed by atoms with Gasteiger partial charge in [0, 0.05) is 17.8 Å². The van der Waals surface area contributed by atoms with E-state index in [1.165, 1.54) is 11.1 Å². The number of aryl methyl sites for hydroxylation is 1. The van der Waals surface area contributed by atoms with E-state index in [9.17, 15) is 0 Å². The fourth-order valence-corrected chi connectivity index (χ4v) is 2.01.